The number of carbonyl (C=O) groups is 3. The quantitative estimate of drug-likeness (QED) is 0.531. The van der Waals surface area contributed by atoms with Crippen molar-refractivity contribution in [2.75, 3.05) is 18.1 Å². The fourth-order valence-corrected chi connectivity index (χ4v) is 4.75. The minimum Gasteiger partial charge on any atom is -0.480 e. The lowest BCUT2D eigenvalue weighted by atomic mass is 9.98. The highest BCUT2D eigenvalue weighted by Crippen LogP contribution is 2.44. The second-order valence-electron chi connectivity index (χ2n) is 9.15. The van der Waals surface area contributed by atoms with Crippen molar-refractivity contribution in [3.8, 4) is 11.1 Å². The first-order valence-electron chi connectivity index (χ1n) is 11.6. The molecule has 0 aliphatic heterocycles. The van der Waals surface area contributed by atoms with Gasteiger partial charge in [-0.3, -0.25) is 14.5 Å². The van der Waals surface area contributed by atoms with Crippen LogP contribution in [0.2, 0.25) is 0 Å². The molecule has 5 rings (SSSR count). The Morgan fingerprint density at radius 1 is 0.943 bits per heavy atom. The second-order valence-corrected chi connectivity index (χ2v) is 9.15. The predicted molar refractivity (Wildman–Crippen MR) is 131 cm³/mol. The van der Waals surface area contributed by atoms with Crippen LogP contribution in [0.4, 0.5) is 10.5 Å². The summed E-state index contributed by atoms with van der Waals surface area (Å²) >= 11 is 0. The summed E-state index contributed by atoms with van der Waals surface area (Å²) in [5.41, 5.74) is 4.79. The zero-order chi connectivity index (χ0) is 24.6. The van der Waals surface area contributed by atoms with E-state index < -0.39 is 30.1 Å². The van der Waals surface area contributed by atoms with Crippen molar-refractivity contribution in [3.63, 3.8) is 0 Å². The highest BCUT2D eigenvalue weighted by Gasteiger charge is 2.54. The topological polar surface area (TPSA) is 95.9 Å². The third-order valence-corrected chi connectivity index (χ3v) is 6.73. The molecule has 0 unspecified atom stereocenters. The zero-order valence-corrected chi connectivity index (χ0v) is 19.4. The van der Waals surface area contributed by atoms with Gasteiger partial charge < -0.3 is 15.2 Å². The largest absolute Gasteiger partial charge is 0.480 e. The van der Waals surface area contributed by atoms with E-state index in [0.29, 0.717) is 18.5 Å². The van der Waals surface area contributed by atoms with Gasteiger partial charge in [-0.2, -0.15) is 0 Å². The van der Waals surface area contributed by atoms with E-state index in [2.05, 4.69) is 17.4 Å². The summed E-state index contributed by atoms with van der Waals surface area (Å²) in [6, 6.07) is 23.2. The molecule has 0 atom stereocenters. The lowest BCUT2D eigenvalue weighted by Crippen LogP contribution is -2.52. The molecule has 1 saturated carbocycles. The highest BCUT2D eigenvalue weighted by atomic mass is 16.5. The number of carboxylic acids is 1. The van der Waals surface area contributed by atoms with Crippen LogP contribution >= 0.6 is 0 Å². The first kappa shape index (κ1) is 22.7. The van der Waals surface area contributed by atoms with Gasteiger partial charge in [0, 0.05) is 11.6 Å². The fourth-order valence-electron chi connectivity index (χ4n) is 4.75. The van der Waals surface area contributed by atoms with Crippen LogP contribution in [0.1, 0.15) is 35.4 Å². The van der Waals surface area contributed by atoms with E-state index in [9.17, 15) is 19.5 Å². The molecule has 2 aliphatic rings. The van der Waals surface area contributed by atoms with Crippen LogP contribution in [0.5, 0.6) is 0 Å². The van der Waals surface area contributed by atoms with Crippen LogP contribution in [0.25, 0.3) is 11.1 Å². The maximum absolute atomic E-state index is 13.4. The zero-order valence-electron chi connectivity index (χ0n) is 19.4. The normalized spacial score (nSPS) is 15.0. The lowest BCUT2D eigenvalue weighted by molar-refractivity contribution is -0.137. The van der Waals surface area contributed by atoms with E-state index in [1.54, 1.807) is 12.1 Å². The van der Waals surface area contributed by atoms with E-state index in [-0.39, 0.29) is 12.5 Å². The Kier molecular flexibility index (Phi) is 5.76. The van der Waals surface area contributed by atoms with Gasteiger partial charge >= 0.3 is 12.1 Å². The number of rotatable bonds is 7. The summed E-state index contributed by atoms with van der Waals surface area (Å²) in [5, 5.41) is 12.1. The third-order valence-electron chi connectivity index (χ3n) is 6.73. The SMILES string of the molecule is Cc1ccc(N(CC(=O)O)C(=O)C2(NC(=O)OCC3c4ccccc4-c4ccccc43)CC2)cc1. The van der Waals surface area contributed by atoms with Crippen molar-refractivity contribution in [2.24, 2.45) is 0 Å². The molecule has 7 heteroatoms. The number of fused-ring (bicyclic) bond motifs is 3. The van der Waals surface area contributed by atoms with Gasteiger partial charge in [0.05, 0.1) is 0 Å². The van der Waals surface area contributed by atoms with Gasteiger partial charge in [0.1, 0.15) is 18.7 Å². The van der Waals surface area contributed by atoms with Crippen molar-refractivity contribution in [3.05, 3.63) is 89.5 Å². The average Bonchev–Trinajstić information content (AvgIpc) is 3.56. The van der Waals surface area contributed by atoms with E-state index in [4.69, 9.17) is 4.74 Å². The maximum atomic E-state index is 13.4. The number of amides is 2. The molecule has 0 bridgehead atoms. The molecular weight excluding hydrogens is 444 g/mol. The maximum Gasteiger partial charge on any atom is 0.408 e. The number of aryl methyl sites for hydroxylation is 1. The Morgan fingerprint density at radius 2 is 1.51 bits per heavy atom. The summed E-state index contributed by atoms with van der Waals surface area (Å²) in [7, 11) is 0. The molecule has 2 aliphatic carbocycles. The van der Waals surface area contributed by atoms with Gasteiger partial charge in [0.15, 0.2) is 0 Å². The smallest absolute Gasteiger partial charge is 0.408 e. The molecule has 178 valence electrons. The standard InChI is InChI=1S/C28H26N2O5/c1-18-10-12-19(13-11-18)30(16-25(31)32)26(33)28(14-15-28)29-27(34)35-17-24-22-8-4-2-6-20(22)21-7-3-5-9-23(21)24/h2-13,24H,14-17H2,1H3,(H,29,34)(H,31,32). The number of benzene rings is 3. The molecule has 0 heterocycles. The van der Waals surface area contributed by atoms with Crippen LogP contribution in [0, 0.1) is 6.92 Å². The molecule has 3 aromatic carbocycles. The van der Waals surface area contributed by atoms with Crippen molar-refractivity contribution < 1.29 is 24.2 Å². The van der Waals surface area contributed by atoms with E-state index in [0.717, 1.165) is 27.8 Å². The van der Waals surface area contributed by atoms with Crippen LogP contribution in [0.15, 0.2) is 72.8 Å². The minimum absolute atomic E-state index is 0.0879. The fraction of sp³-hybridized carbons (Fsp3) is 0.250. The Morgan fingerprint density at radius 3 is 2.06 bits per heavy atom. The van der Waals surface area contributed by atoms with Gasteiger partial charge in [0.2, 0.25) is 0 Å². The van der Waals surface area contributed by atoms with E-state index in [1.165, 1.54) is 4.90 Å². The first-order chi connectivity index (χ1) is 16.9. The van der Waals surface area contributed by atoms with Gasteiger partial charge in [-0.15, -0.1) is 0 Å². The Labute approximate surface area is 203 Å². The molecule has 3 aromatic rings. The summed E-state index contributed by atoms with van der Waals surface area (Å²) in [4.78, 5) is 38.8. The molecule has 7 nitrogen and oxygen atoms in total. The second kappa shape index (κ2) is 8.91. The van der Waals surface area contributed by atoms with E-state index in [1.807, 2.05) is 55.5 Å². The summed E-state index contributed by atoms with van der Waals surface area (Å²) in [6.07, 6.45) is 0.174. The Bertz CT molecular complexity index is 1250. The number of aliphatic carboxylic acids is 1. The number of carbonyl (C=O) groups excluding carboxylic acids is 2. The van der Waals surface area contributed by atoms with Crippen LogP contribution in [-0.2, 0) is 14.3 Å². The number of ether oxygens (including phenoxy) is 1. The van der Waals surface area contributed by atoms with Gasteiger partial charge in [0.25, 0.3) is 5.91 Å². The molecule has 1 fully saturated rings. The number of nitrogens with one attached hydrogen (secondary N) is 1. The molecule has 35 heavy (non-hydrogen) atoms. The van der Waals surface area contributed by atoms with Crippen LogP contribution in [0.3, 0.4) is 0 Å². The Balaban J connectivity index is 1.29. The number of carboxylic acid groups (broad SMARTS) is 1. The molecule has 2 amide bonds. The van der Waals surface area contributed by atoms with Crippen molar-refractivity contribution in [1.29, 1.82) is 0 Å². The molecule has 0 spiro atoms. The number of hydrogen-bond acceptors (Lipinski definition) is 4. The number of alkyl carbamates (subject to hydrolysis) is 1. The molecule has 2 N–H and O–H groups in total. The number of anilines is 1. The third kappa shape index (κ3) is 4.37. The van der Waals surface area contributed by atoms with Gasteiger partial charge in [-0.25, -0.2) is 4.79 Å². The highest BCUT2D eigenvalue weighted by molar-refractivity contribution is 6.06. The summed E-state index contributed by atoms with van der Waals surface area (Å²) < 4.78 is 5.61. The lowest BCUT2D eigenvalue weighted by Gasteiger charge is -2.27. The molecular formula is C28H26N2O5. The average molecular weight is 471 g/mol. The van der Waals surface area contributed by atoms with Crippen molar-refractivity contribution >= 4 is 23.7 Å². The molecule has 0 radical (unpaired) electrons. The number of nitrogens with zero attached hydrogens (tertiary/aromatic N) is 1. The van der Waals surface area contributed by atoms with Crippen LogP contribution in [-0.4, -0.2) is 41.8 Å². The molecule has 0 aromatic heterocycles. The molecule has 0 saturated heterocycles. The first-order valence-corrected chi connectivity index (χ1v) is 11.6. The monoisotopic (exact) mass is 470 g/mol. The van der Waals surface area contributed by atoms with E-state index >= 15 is 0 Å². The van der Waals surface area contributed by atoms with Gasteiger partial charge in [-0.05, 0) is 54.2 Å². The Hall–Kier alpha value is -4.13. The summed E-state index contributed by atoms with van der Waals surface area (Å²) in [5.74, 6) is -1.66. The van der Waals surface area contributed by atoms with Crippen LogP contribution < -0.4 is 10.2 Å². The van der Waals surface area contributed by atoms with Crippen molar-refractivity contribution in [2.45, 2.75) is 31.2 Å². The van der Waals surface area contributed by atoms with Crippen molar-refractivity contribution in [1.82, 2.24) is 5.32 Å². The van der Waals surface area contributed by atoms with Gasteiger partial charge in [-0.1, -0.05) is 66.2 Å². The number of hydrogen-bond donors (Lipinski definition) is 2. The minimum atomic E-state index is -1.15. The predicted octanol–water partition coefficient (Wildman–Crippen LogP) is 4.48. The summed E-state index contributed by atoms with van der Waals surface area (Å²) in [6.45, 7) is 1.56.